The molecule has 1 saturated carbocycles. The molecule has 1 nitrogen and oxygen atoms in total. The van der Waals surface area contributed by atoms with Crippen molar-refractivity contribution in [2.45, 2.75) is 32.4 Å². The Bertz CT molecular complexity index is 130. The Morgan fingerprint density at radius 3 is 2.36 bits per heavy atom. The fourth-order valence-corrected chi connectivity index (χ4v) is 1.47. The van der Waals surface area contributed by atoms with Gasteiger partial charge in [0.2, 0.25) is 0 Å². The molecule has 0 atom stereocenters. The van der Waals surface area contributed by atoms with E-state index in [4.69, 9.17) is 0 Å². The van der Waals surface area contributed by atoms with Crippen molar-refractivity contribution in [1.29, 1.82) is 0 Å². The van der Waals surface area contributed by atoms with Gasteiger partial charge < -0.3 is 4.90 Å². The third-order valence-corrected chi connectivity index (χ3v) is 2.02. The Morgan fingerprint density at radius 1 is 1.45 bits per heavy atom. The molecular weight excluding hydrogens is 141 g/mol. The van der Waals surface area contributed by atoms with Crippen LogP contribution in [-0.2, 0) is 0 Å². The number of alkyl halides is 1. The molecule has 66 valence electrons. The van der Waals surface area contributed by atoms with Crippen LogP contribution < -0.4 is 0 Å². The third kappa shape index (κ3) is 3.19. The molecule has 1 fully saturated rings. The summed E-state index contributed by atoms with van der Waals surface area (Å²) in [5.41, 5.74) is -0.816. The highest BCUT2D eigenvalue weighted by atomic mass is 19.1. The van der Waals surface area contributed by atoms with Crippen molar-refractivity contribution in [3.63, 3.8) is 0 Å². The summed E-state index contributed by atoms with van der Waals surface area (Å²) in [6, 6.07) is 0. The summed E-state index contributed by atoms with van der Waals surface area (Å²) in [6.45, 7) is 5.96. The molecule has 0 amide bonds. The van der Waals surface area contributed by atoms with Gasteiger partial charge in [-0.25, -0.2) is 4.39 Å². The second kappa shape index (κ2) is 3.10. The Kier molecular flexibility index (Phi) is 2.53. The van der Waals surface area contributed by atoms with Crippen molar-refractivity contribution in [2.75, 3.05) is 20.1 Å². The first-order valence-corrected chi connectivity index (χ1v) is 4.39. The Labute approximate surface area is 68.6 Å². The van der Waals surface area contributed by atoms with Gasteiger partial charge in [-0.1, -0.05) is 13.8 Å². The summed E-state index contributed by atoms with van der Waals surface area (Å²) in [7, 11) is 2.00. The zero-order valence-corrected chi connectivity index (χ0v) is 7.73. The predicted molar refractivity (Wildman–Crippen MR) is 45.4 cm³/mol. The average molecular weight is 159 g/mol. The number of halogens is 1. The second-order valence-corrected chi connectivity index (χ2v) is 4.24. The molecule has 1 aliphatic carbocycles. The topological polar surface area (TPSA) is 3.24 Å². The van der Waals surface area contributed by atoms with Crippen LogP contribution in [0.25, 0.3) is 0 Å². The molecule has 0 radical (unpaired) electrons. The molecule has 2 heteroatoms. The van der Waals surface area contributed by atoms with Crippen molar-refractivity contribution in [3.05, 3.63) is 0 Å². The maximum absolute atomic E-state index is 13.2. The minimum absolute atomic E-state index is 0.630. The largest absolute Gasteiger partial charge is 0.303 e. The van der Waals surface area contributed by atoms with Crippen LogP contribution in [0.3, 0.4) is 0 Å². The Balaban J connectivity index is 2.15. The van der Waals surface area contributed by atoms with Gasteiger partial charge in [-0.3, -0.25) is 0 Å². The lowest BCUT2D eigenvalue weighted by atomic mass is 10.2. The first-order valence-electron chi connectivity index (χ1n) is 4.39. The highest BCUT2D eigenvalue weighted by molar-refractivity contribution is 4.96. The quantitative estimate of drug-likeness (QED) is 0.607. The minimum atomic E-state index is -0.816. The van der Waals surface area contributed by atoms with Crippen LogP contribution in [0.1, 0.15) is 26.7 Å². The van der Waals surface area contributed by atoms with Gasteiger partial charge in [-0.05, 0) is 25.8 Å². The number of rotatable bonds is 4. The summed E-state index contributed by atoms with van der Waals surface area (Å²) >= 11 is 0. The van der Waals surface area contributed by atoms with E-state index in [-0.39, 0.29) is 0 Å². The van der Waals surface area contributed by atoms with Gasteiger partial charge in [-0.15, -0.1) is 0 Å². The van der Waals surface area contributed by atoms with Crippen LogP contribution in [0.4, 0.5) is 4.39 Å². The zero-order chi connectivity index (χ0) is 8.48. The Morgan fingerprint density at radius 2 is 2.00 bits per heavy atom. The fraction of sp³-hybridized carbons (Fsp3) is 1.00. The van der Waals surface area contributed by atoms with E-state index in [1.54, 1.807) is 0 Å². The maximum atomic E-state index is 13.2. The lowest BCUT2D eigenvalue weighted by Crippen LogP contribution is -2.30. The molecule has 0 unspecified atom stereocenters. The number of hydrogen-bond donors (Lipinski definition) is 0. The molecule has 11 heavy (non-hydrogen) atoms. The fourth-order valence-electron chi connectivity index (χ4n) is 1.47. The molecule has 0 aliphatic heterocycles. The van der Waals surface area contributed by atoms with Crippen molar-refractivity contribution in [3.8, 4) is 0 Å². The molecule has 0 spiro atoms. The van der Waals surface area contributed by atoms with Gasteiger partial charge in [0.25, 0.3) is 0 Å². The van der Waals surface area contributed by atoms with Crippen LogP contribution >= 0.6 is 0 Å². The molecule has 1 aliphatic rings. The molecule has 0 heterocycles. The van der Waals surface area contributed by atoms with E-state index in [2.05, 4.69) is 18.7 Å². The van der Waals surface area contributed by atoms with Gasteiger partial charge >= 0.3 is 0 Å². The lowest BCUT2D eigenvalue weighted by Gasteiger charge is -2.20. The molecule has 1 rings (SSSR count). The lowest BCUT2D eigenvalue weighted by molar-refractivity contribution is 0.189. The van der Waals surface area contributed by atoms with E-state index in [1.807, 2.05) is 7.05 Å². The smallest absolute Gasteiger partial charge is 0.123 e. The van der Waals surface area contributed by atoms with E-state index in [0.717, 1.165) is 19.4 Å². The van der Waals surface area contributed by atoms with Crippen molar-refractivity contribution in [1.82, 2.24) is 4.90 Å². The summed E-state index contributed by atoms with van der Waals surface area (Å²) in [5, 5.41) is 0. The van der Waals surface area contributed by atoms with Gasteiger partial charge in [-0.2, -0.15) is 0 Å². The van der Waals surface area contributed by atoms with E-state index >= 15 is 0 Å². The standard InChI is InChI=1S/C9H18FN/c1-8(2)6-11(3)7-9(10)4-5-9/h8H,4-7H2,1-3H3. The molecule has 0 aromatic carbocycles. The monoisotopic (exact) mass is 159 g/mol. The number of hydrogen-bond acceptors (Lipinski definition) is 1. The van der Waals surface area contributed by atoms with Crippen molar-refractivity contribution >= 4 is 0 Å². The molecule has 0 saturated heterocycles. The average Bonchev–Trinajstić information content (AvgIpc) is 2.44. The normalized spacial score (nSPS) is 21.3. The SMILES string of the molecule is CC(C)CN(C)CC1(F)CC1. The van der Waals surface area contributed by atoms with Gasteiger partial charge in [0.1, 0.15) is 5.67 Å². The molecular formula is C9H18FN. The first-order chi connectivity index (χ1) is 5.02. The van der Waals surface area contributed by atoms with Gasteiger partial charge in [0.05, 0.1) is 0 Å². The molecule has 0 aromatic rings. The van der Waals surface area contributed by atoms with E-state index in [0.29, 0.717) is 12.5 Å². The highest BCUT2D eigenvalue weighted by Crippen LogP contribution is 2.40. The predicted octanol–water partition coefficient (Wildman–Crippen LogP) is 2.08. The summed E-state index contributed by atoms with van der Waals surface area (Å²) in [5.74, 6) is 0.641. The number of nitrogens with zero attached hydrogens (tertiary/aromatic N) is 1. The van der Waals surface area contributed by atoms with Gasteiger partial charge in [0.15, 0.2) is 0 Å². The first kappa shape index (κ1) is 8.98. The van der Waals surface area contributed by atoms with Crippen molar-refractivity contribution in [2.24, 2.45) is 5.92 Å². The summed E-state index contributed by atoms with van der Waals surface area (Å²) in [6.07, 6.45) is 1.55. The van der Waals surface area contributed by atoms with E-state index < -0.39 is 5.67 Å². The van der Waals surface area contributed by atoms with Crippen LogP contribution in [0.2, 0.25) is 0 Å². The van der Waals surface area contributed by atoms with E-state index in [9.17, 15) is 4.39 Å². The van der Waals surface area contributed by atoms with Crippen LogP contribution in [-0.4, -0.2) is 30.7 Å². The van der Waals surface area contributed by atoms with Crippen LogP contribution in [0.15, 0.2) is 0 Å². The third-order valence-electron chi connectivity index (χ3n) is 2.02. The Hall–Kier alpha value is -0.110. The van der Waals surface area contributed by atoms with Crippen LogP contribution in [0.5, 0.6) is 0 Å². The van der Waals surface area contributed by atoms with Gasteiger partial charge in [0, 0.05) is 13.1 Å². The summed E-state index contributed by atoms with van der Waals surface area (Å²) in [4.78, 5) is 2.09. The maximum Gasteiger partial charge on any atom is 0.123 e. The van der Waals surface area contributed by atoms with E-state index in [1.165, 1.54) is 0 Å². The zero-order valence-electron chi connectivity index (χ0n) is 7.73. The molecule has 0 bridgehead atoms. The second-order valence-electron chi connectivity index (χ2n) is 4.24. The van der Waals surface area contributed by atoms with Crippen molar-refractivity contribution < 1.29 is 4.39 Å². The highest BCUT2D eigenvalue weighted by Gasteiger charge is 2.43. The molecule has 0 aromatic heterocycles. The van der Waals surface area contributed by atoms with Crippen LogP contribution in [0, 0.1) is 5.92 Å². The molecule has 0 N–H and O–H groups in total. The summed E-state index contributed by atoms with van der Waals surface area (Å²) < 4.78 is 13.2. The minimum Gasteiger partial charge on any atom is -0.303 e.